The van der Waals surface area contributed by atoms with Gasteiger partial charge in [-0.25, -0.2) is 0 Å². The summed E-state index contributed by atoms with van der Waals surface area (Å²) in [5, 5.41) is 3.53. The quantitative estimate of drug-likeness (QED) is 0.525. The number of nitrogens with one attached hydrogen (secondary N) is 1. The lowest BCUT2D eigenvalue weighted by molar-refractivity contribution is -0.120. The molecule has 2 rings (SSSR count). The van der Waals surface area contributed by atoms with Gasteiger partial charge in [-0.15, -0.1) is 11.8 Å². The number of ether oxygens (including phenoxy) is 1. The van der Waals surface area contributed by atoms with Crippen molar-refractivity contribution in [2.75, 3.05) is 13.2 Å². The third-order valence-corrected chi connectivity index (χ3v) is 5.04. The van der Waals surface area contributed by atoms with Crippen molar-refractivity contribution in [3.63, 3.8) is 0 Å². The second-order valence-corrected chi connectivity index (χ2v) is 7.01. The molecule has 0 saturated carbocycles. The van der Waals surface area contributed by atoms with E-state index in [1.807, 2.05) is 61.5 Å². The van der Waals surface area contributed by atoms with Crippen molar-refractivity contribution in [1.82, 2.24) is 5.32 Å². The molecule has 0 fully saturated rings. The Morgan fingerprint density at radius 3 is 2.54 bits per heavy atom. The summed E-state index contributed by atoms with van der Waals surface area (Å²) in [4.78, 5) is 13.3. The van der Waals surface area contributed by atoms with Gasteiger partial charge < -0.3 is 10.1 Å². The van der Waals surface area contributed by atoms with E-state index < -0.39 is 0 Å². The Kier molecular flexibility index (Phi) is 8.16. The van der Waals surface area contributed by atoms with Gasteiger partial charge in [0.25, 0.3) is 0 Å². The highest BCUT2D eigenvalue weighted by Gasteiger charge is 2.17. The van der Waals surface area contributed by atoms with Crippen LogP contribution in [0.15, 0.2) is 59.5 Å². The summed E-state index contributed by atoms with van der Waals surface area (Å²) < 4.78 is 5.58. The van der Waals surface area contributed by atoms with Gasteiger partial charge in [0.2, 0.25) is 5.91 Å². The molecular formula is C19H22ClNO2S. The van der Waals surface area contributed by atoms with Gasteiger partial charge in [0.15, 0.2) is 0 Å². The monoisotopic (exact) mass is 363 g/mol. The average molecular weight is 364 g/mol. The number of hydrogen-bond donors (Lipinski definition) is 1. The first-order chi connectivity index (χ1) is 11.7. The van der Waals surface area contributed by atoms with Gasteiger partial charge in [-0.2, -0.15) is 0 Å². The number of thioether (sulfide) groups is 1. The third-order valence-electron chi connectivity index (χ3n) is 3.41. The van der Waals surface area contributed by atoms with Crippen LogP contribution in [0.2, 0.25) is 5.02 Å². The van der Waals surface area contributed by atoms with Crippen LogP contribution in [-0.2, 0) is 16.1 Å². The first-order valence-corrected chi connectivity index (χ1v) is 9.26. The van der Waals surface area contributed by atoms with Gasteiger partial charge in [0.05, 0.1) is 18.5 Å². The van der Waals surface area contributed by atoms with Gasteiger partial charge in [-0.3, -0.25) is 4.79 Å². The molecule has 0 aliphatic carbocycles. The number of carbonyl (C=O) groups excluding carboxylic acids is 1. The third kappa shape index (κ3) is 6.56. The van der Waals surface area contributed by atoms with Gasteiger partial charge in [-0.1, -0.05) is 48.9 Å². The number of hydrogen-bond acceptors (Lipinski definition) is 3. The molecule has 0 bridgehead atoms. The maximum atomic E-state index is 12.3. The largest absolute Gasteiger partial charge is 0.375 e. The fraction of sp³-hybridized carbons (Fsp3) is 0.316. The van der Waals surface area contributed by atoms with Crippen LogP contribution in [-0.4, -0.2) is 24.3 Å². The fourth-order valence-corrected chi connectivity index (χ4v) is 3.23. The number of benzene rings is 2. The Morgan fingerprint density at radius 1 is 1.17 bits per heavy atom. The molecule has 0 aliphatic rings. The zero-order valence-electron chi connectivity index (χ0n) is 13.7. The maximum Gasteiger partial charge on any atom is 0.233 e. The molecule has 0 heterocycles. The van der Waals surface area contributed by atoms with E-state index in [1.54, 1.807) is 11.8 Å². The van der Waals surface area contributed by atoms with Crippen molar-refractivity contribution in [1.29, 1.82) is 0 Å². The number of rotatable bonds is 9. The molecule has 0 spiro atoms. The lowest BCUT2D eigenvalue weighted by Crippen LogP contribution is -2.34. The lowest BCUT2D eigenvalue weighted by Gasteiger charge is -2.15. The second-order valence-electron chi connectivity index (χ2n) is 5.30. The lowest BCUT2D eigenvalue weighted by atomic mass is 10.2. The van der Waals surface area contributed by atoms with E-state index >= 15 is 0 Å². The molecule has 0 saturated heterocycles. The van der Waals surface area contributed by atoms with E-state index in [9.17, 15) is 4.79 Å². The summed E-state index contributed by atoms with van der Waals surface area (Å²) >= 11 is 7.44. The van der Waals surface area contributed by atoms with E-state index in [2.05, 4.69) is 5.32 Å². The first-order valence-electron chi connectivity index (χ1n) is 8.00. The molecule has 128 valence electrons. The normalized spacial score (nSPS) is 11.9. The molecule has 0 radical (unpaired) electrons. The molecule has 2 aromatic carbocycles. The molecule has 0 aromatic heterocycles. The van der Waals surface area contributed by atoms with E-state index in [0.29, 0.717) is 24.8 Å². The van der Waals surface area contributed by atoms with Crippen LogP contribution in [0, 0.1) is 0 Å². The van der Waals surface area contributed by atoms with Crippen molar-refractivity contribution < 1.29 is 9.53 Å². The topological polar surface area (TPSA) is 38.3 Å². The van der Waals surface area contributed by atoms with Crippen LogP contribution >= 0.6 is 23.4 Å². The minimum absolute atomic E-state index is 0.0424. The van der Waals surface area contributed by atoms with Crippen molar-refractivity contribution >= 4 is 29.3 Å². The Bertz CT molecular complexity index is 619. The maximum absolute atomic E-state index is 12.3. The Labute approximate surface area is 152 Å². The molecular weight excluding hydrogens is 342 g/mol. The Balaban J connectivity index is 1.68. The highest BCUT2D eigenvalue weighted by atomic mass is 35.5. The van der Waals surface area contributed by atoms with Crippen LogP contribution < -0.4 is 5.32 Å². The molecule has 24 heavy (non-hydrogen) atoms. The van der Waals surface area contributed by atoms with Gasteiger partial charge in [0.1, 0.15) is 0 Å². The first kappa shape index (κ1) is 18.8. The zero-order chi connectivity index (χ0) is 17.2. The van der Waals surface area contributed by atoms with Crippen LogP contribution in [0.25, 0.3) is 0 Å². The summed E-state index contributed by atoms with van der Waals surface area (Å²) in [6, 6.07) is 17.5. The average Bonchev–Trinajstić information content (AvgIpc) is 2.61. The molecule has 0 aliphatic heterocycles. The van der Waals surface area contributed by atoms with Crippen molar-refractivity contribution in [2.45, 2.75) is 30.1 Å². The molecule has 1 N–H and O–H groups in total. The summed E-state index contributed by atoms with van der Waals surface area (Å²) in [7, 11) is 0. The van der Waals surface area contributed by atoms with Crippen LogP contribution in [0.3, 0.4) is 0 Å². The highest BCUT2D eigenvalue weighted by molar-refractivity contribution is 8.00. The van der Waals surface area contributed by atoms with Crippen LogP contribution in [0.1, 0.15) is 18.9 Å². The van der Waals surface area contributed by atoms with Crippen molar-refractivity contribution in [2.24, 2.45) is 0 Å². The summed E-state index contributed by atoms with van der Waals surface area (Å²) in [6.07, 6.45) is 0.768. The molecule has 3 nitrogen and oxygen atoms in total. The van der Waals surface area contributed by atoms with Crippen molar-refractivity contribution in [3.05, 3.63) is 65.2 Å². The minimum atomic E-state index is -0.111. The van der Waals surface area contributed by atoms with E-state index in [-0.39, 0.29) is 11.2 Å². The van der Waals surface area contributed by atoms with Gasteiger partial charge in [0, 0.05) is 16.5 Å². The summed E-state index contributed by atoms with van der Waals surface area (Å²) in [5.41, 5.74) is 1.13. The fourth-order valence-electron chi connectivity index (χ4n) is 2.12. The predicted molar refractivity (Wildman–Crippen MR) is 100 cm³/mol. The SMILES string of the molecule is CCC(Sc1ccc(Cl)cc1)C(=O)NCCOCc1ccccc1. The molecule has 1 atom stereocenters. The Morgan fingerprint density at radius 2 is 1.88 bits per heavy atom. The zero-order valence-corrected chi connectivity index (χ0v) is 15.3. The van der Waals surface area contributed by atoms with Crippen molar-refractivity contribution in [3.8, 4) is 0 Å². The predicted octanol–water partition coefficient (Wildman–Crippen LogP) is 4.54. The highest BCUT2D eigenvalue weighted by Crippen LogP contribution is 2.26. The standard InChI is InChI=1S/C19H22ClNO2S/c1-2-18(24-17-10-8-16(20)9-11-17)19(22)21-12-13-23-14-15-6-4-3-5-7-15/h3-11,18H,2,12-14H2,1H3,(H,21,22). The second kappa shape index (κ2) is 10.4. The smallest absolute Gasteiger partial charge is 0.233 e. The molecule has 1 unspecified atom stereocenters. The Hall–Kier alpha value is -1.49. The molecule has 2 aromatic rings. The van der Waals surface area contributed by atoms with Gasteiger partial charge >= 0.3 is 0 Å². The number of carbonyl (C=O) groups is 1. The van der Waals surface area contributed by atoms with Gasteiger partial charge in [-0.05, 0) is 36.2 Å². The molecule has 1 amide bonds. The summed E-state index contributed by atoms with van der Waals surface area (Å²) in [6.45, 7) is 3.60. The van der Waals surface area contributed by atoms with E-state index in [1.165, 1.54) is 0 Å². The number of halogens is 1. The van der Waals surface area contributed by atoms with E-state index in [4.69, 9.17) is 16.3 Å². The summed E-state index contributed by atoms with van der Waals surface area (Å²) in [5.74, 6) is 0.0424. The van der Waals surface area contributed by atoms with Crippen LogP contribution in [0.5, 0.6) is 0 Å². The minimum Gasteiger partial charge on any atom is -0.375 e. The molecule has 5 heteroatoms. The van der Waals surface area contributed by atoms with Crippen LogP contribution in [0.4, 0.5) is 0 Å². The number of amides is 1. The van der Waals surface area contributed by atoms with E-state index in [0.717, 1.165) is 16.9 Å².